The van der Waals surface area contributed by atoms with E-state index in [1.807, 2.05) is 6.92 Å². The molecular formula is C19H21N5O4S2. The summed E-state index contributed by atoms with van der Waals surface area (Å²) < 4.78 is 6.19. The Morgan fingerprint density at radius 1 is 1.17 bits per heavy atom. The molecule has 3 aromatic rings. The largest absolute Gasteiger partial charge is 0.460 e. The zero-order valence-electron chi connectivity index (χ0n) is 16.7. The summed E-state index contributed by atoms with van der Waals surface area (Å²) >= 11 is 2.72. The summed E-state index contributed by atoms with van der Waals surface area (Å²) in [6, 6.07) is 0. The fraction of sp³-hybridized carbons (Fsp3) is 0.474. The second-order valence-corrected chi connectivity index (χ2v) is 8.99. The molecule has 1 amide bonds. The first-order valence-corrected chi connectivity index (χ1v) is 11.5. The molecule has 1 N–H and O–H groups in total. The van der Waals surface area contributed by atoms with E-state index in [0.717, 1.165) is 45.7 Å². The van der Waals surface area contributed by atoms with E-state index in [9.17, 15) is 14.4 Å². The van der Waals surface area contributed by atoms with Crippen molar-refractivity contribution in [2.75, 3.05) is 11.9 Å². The predicted molar refractivity (Wildman–Crippen MR) is 114 cm³/mol. The number of carbonyl (C=O) groups excluding carboxylic acids is 2. The van der Waals surface area contributed by atoms with E-state index < -0.39 is 11.9 Å². The Bertz CT molecular complexity index is 1180. The highest BCUT2D eigenvalue weighted by Gasteiger charge is 2.26. The van der Waals surface area contributed by atoms with Crippen LogP contribution in [-0.2, 0) is 35.3 Å². The number of carbonyl (C=O) groups is 2. The molecule has 0 bridgehead atoms. The van der Waals surface area contributed by atoms with Gasteiger partial charge in [0.05, 0.1) is 12.0 Å². The molecule has 4 rings (SSSR count). The van der Waals surface area contributed by atoms with Gasteiger partial charge in [0, 0.05) is 4.88 Å². The summed E-state index contributed by atoms with van der Waals surface area (Å²) in [5.41, 5.74) is 0.615. The lowest BCUT2D eigenvalue weighted by molar-refractivity contribution is -0.116. The lowest BCUT2D eigenvalue weighted by atomic mass is 9.97. The number of nitrogens with one attached hydrogen (secondary N) is 1. The monoisotopic (exact) mass is 447 g/mol. The van der Waals surface area contributed by atoms with Crippen molar-refractivity contribution in [2.45, 2.75) is 52.5 Å². The van der Waals surface area contributed by atoms with E-state index in [-0.39, 0.29) is 24.5 Å². The maximum atomic E-state index is 13.3. The maximum Gasteiger partial charge on any atom is 0.374 e. The summed E-state index contributed by atoms with van der Waals surface area (Å²) in [4.78, 5) is 44.6. The van der Waals surface area contributed by atoms with Gasteiger partial charge >= 0.3 is 5.97 Å². The highest BCUT2D eigenvalue weighted by atomic mass is 32.1. The molecule has 0 saturated carbocycles. The normalized spacial score (nSPS) is 13.3. The third kappa shape index (κ3) is 3.86. The first-order valence-electron chi connectivity index (χ1n) is 9.86. The average molecular weight is 448 g/mol. The van der Waals surface area contributed by atoms with Crippen molar-refractivity contribution in [3.8, 4) is 0 Å². The summed E-state index contributed by atoms with van der Waals surface area (Å²) in [7, 11) is 0. The Labute approximate surface area is 180 Å². The van der Waals surface area contributed by atoms with Crippen LogP contribution in [0.3, 0.4) is 0 Å². The highest BCUT2D eigenvalue weighted by Crippen LogP contribution is 2.33. The SMILES string of the molecule is CCOC(=O)c1nc2sc3c(c2c(=O)n1CC(=O)Nc1nnc(CC)s1)CCCC3. The molecule has 1 aliphatic carbocycles. The number of anilines is 1. The first kappa shape index (κ1) is 20.6. The Balaban J connectivity index is 1.74. The third-order valence-electron chi connectivity index (χ3n) is 4.85. The van der Waals surface area contributed by atoms with Crippen LogP contribution in [0.2, 0.25) is 0 Å². The lowest BCUT2D eigenvalue weighted by Crippen LogP contribution is -2.33. The minimum absolute atomic E-state index is 0.143. The van der Waals surface area contributed by atoms with E-state index in [4.69, 9.17) is 4.74 Å². The molecule has 1 aliphatic rings. The van der Waals surface area contributed by atoms with Gasteiger partial charge in [-0.25, -0.2) is 9.78 Å². The molecule has 9 nitrogen and oxygen atoms in total. The molecule has 30 heavy (non-hydrogen) atoms. The summed E-state index contributed by atoms with van der Waals surface area (Å²) in [6.45, 7) is 3.40. The first-order chi connectivity index (χ1) is 14.5. The molecule has 158 valence electrons. The van der Waals surface area contributed by atoms with Crippen LogP contribution in [0.5, 0.6) is 0 Å². The zero-order valence-corrected chi connectivity index (χ0v) is 18.3. The van der Waals surface area contributed by atoms with Crippen LogP contribution in [-0.4, -0.2) is 38.2 Å². The van der Waals surface area contributed by atoms with E-state index in [1.165, 1.54) is 22.7 Å². The number of thiophene rings is 1. The summed E-state index contributed by atoms with van der Waals surface area (Å²) in [6.07, 6.45) is 4.51. The summed E-state index contributed by atoms with van der Waals surface area (Å²) in [5, 5.41) is 12.2. The van der Waals surface area contributed by atoms with Crippen molar-refractivity contribution in [1.29, 1.82) is 0 Å². The lowest BCUT2D eigenvalue weighted by Gasteiger charge is -2.12. The molecule has 0 atom stereocenters. The second kappa shape index (κ2) is 8.60. The van der Waals surface area contributed by atoms with Gasteiger partial charge in [-0.2, -0.15) is 0 Å². The van der Waals surface area contributed by atoms with Crippen LogP contribution >= 0.6 is 22.7 Å². The van der Waals surface area contributed by atoms with Gasteiger partial charge in [-0.05, 0) is 44.6 Å². The standard InChI is InChI=1S/C19H21N5O4S2/c1-3-13-22-23-19(30-13)20-12(25)9-24-15(18(27)28-4-2)21-16-14(17(24)26)10-7-5-6-8-11(10)29-16/h3-9H2,1-2H3,(H,20,23,25). The van der Waals surface area contributed by atoms with Crippen molar-refractivity contribution >= 4 is 49.9 Å². The number of hydrogen-bond acceptors (Lipinski definition) is 9. The van der Waals surface area contributed by atoms with Crippen LogP contribution in [0.1, 0.15) is 52.8 Å². The second-order valence-electron chi connectivity index (χ2n) is 6.84. The number of fused-ring (bicyclic) bond motifs is 3. The molecule has 3 aromatic heterocycles. The van der Waals surface area contributed by atoms with Crippen LogP contribution in [0.25, 0.3) is 10.2 Å². The van der Waals surface area contributed by atoms with E-state index in [1.54, 1.807) is 6.92 Å². The van der Waals surface area contributed by atoms with Crippen molar-refractivity contribution < 1.29 is 14.3 Å². The van der Waals surface area contributed by atoms with Crippen molar-refractivity contribution in [3.63, 3.8) is 0 Å². The Hall–Kier alpha value is -2.66. The number of nitrogens with zero attached hydrogens (tertiary/aromatic N) is 4. The number of rotatable bonds is 6. The third-order valence-corrected chi connectivity index (χ3v) is 7.02. The summed E-state index contributed by atoms with van der Waals surface area (Å²) in [5.74, 6) is -1.36. The molecule has 0 spiro atoms. The van der Waals surface area contributed by atoms with Crippen LogP contribution in [0, 0.1) is 0 Å². The van der Waals surface area contributed by atoms with Gasteiger partial charge in [-0.15, -0.1) is 21.5 Å². The number of amides is 1. The van der Waals surface area contributed by atoms with Gasteiger partial charge in [-0.1, -0.05) is 18.3 Å². The molecule has 3 heterocycles. The Morgan fingerprint density at radius 3 is 2.70 bits per heavy atom. The number of hydrogen-bond donors (Lipinski definition) is 1. The topological polar surface area (TPSA) is 116 Å². The average Bonchev–Trinajstić information content (AvgIpc) is 3.33. The van der Waals surface area contributed by atoms with Crippen LogP contribution in [0.4, 0.5) is 5.13 Å². The number of ether oxygens (including phenoxy) is 1. The molecule has 0 saturated heterocycles. The quantitative estimate of drug-likeness (QED) is 0.577. The number of aromatic nitrogens is 4. The van der Waals surface area contributed by atoms with E-state index in [2.05, 4.69) is 20.5 Å². The van der Waals surface area contributed by atoms with Crippen LogP contribution in [0.15, 0.2) is 4.79 Å². The smallest absolute Gasteiger partial charge is 0.374 e. The molecule has 11 heteroatoms. The van der Waals surface area contributed by atoms with Gasteiger partial charge in [0.2, 0.25) is 16.9 Å². The van der Waals surface area contributed by atoms with Gasteiger partial charge in [0.1, 0.15) is 16.4 Å². The van der Waals surface area contributed by atoms with Gasteiger partial charge in [-0.3, -0.25) is 19.5 Å². The minimum atomic E-state index is -0.722. The van der Waals surface area contributed by atoms with E-state index >= 15 is 0 Å². The van der Waals surface area contributed by atoms with Crippen molar-refractivity contribution in [2.24, 2.45) is 0 Å². The Morgan fingerprint density at radius 2 is 1.97 bits per heavy atom. The maximum absolute atomic E-state index is 13.3. The fourth-order valence-electron chi connectivity index (χ4n) is 3.49. The molecule has 0 unspecified atom stereocenters. The molecule has 0 fully saturated rings. The van der Waals surface area contributed by atoms with Gasteiger partial charge in [0.25, 0.3) is 5.56 Å². The Kier molecular flexibility index (Phi) is 5.91. The van der Waals surface area contributed by atoms with Gasteiger partial charge < -0.3 is 4.74 Å². The van der Waals surface area contributed by atoms with Gasteiger partial charge in [0.15, 0.2) is 0 Å². The van der Waals surface area contributed by atoms with Crippen molar-refractivity contribution in [1.82, 2.24) is 19.7 Å². The number of aryl methyl sites for hydroxylation is 3. The highest BCUT2D eigenvalue weighted by molar-refractivity contribution is 7.18. The minimum Gasteiger partial charge on any atom is -0.460 e. The van der Waals surface area contributed by atoms with Crippen LogP contribution < -0.4 is 10.9 Å². The molecule has 0 aliphatic heterocycles. The predicted octanol–water partition coefficient (Wildman–Crippen LogP) is 2.57. The molecule has 0 aromatic carbocycles. The fourth-order valence-corrected chi connectivity index (χ4v) is 5.43. The zero-order chi connectivity index (χ0) is 21.3. The molecular weight excluding hydrogens is 426 g/mol. The van der Waals surface area contributed by atoms with E-state index in [0.29, 0.717) is 21.8 Å². The molecule has 0 radical (unpaired) electrons. The number of esters is 1. The van der Waals surface area contributed by atoms with Crippen molar-refractivity contribution in [3.05, 3.63) is 31.6 Å².